The summed E-state index contributed by atoms with van der Waals surface area (Å²) in [5.41, 5.74) is -1.50. The third-order valence-electron chi connectivity index (χ3n) is 11.1. The van der Waals surface area contributed by atoms with Gasteiger partial charge in [0.15, 0.2) is 5.82 Å². The van der Waals surface area contributed by atoms with E-state index in [2.05, 4.69) is 30.2 Å². The minimum atomic E-state index is -3.91. The van der Waals surface area contributed by atoms with Crippen LogP contribution in [0.15, 0.2) is 65.6 Å². The Labute approximate surface area is 358 Å². The molecule has 2 aliphatic rings. The summed E-state index contributed by atoms with van der Waals surface area (Å²) in [6, 6.07) is 10.2. The molecular weight excluding hydrogens is 878 g/mol. The number of nitrogens with zero attached hydrogens (tertiary/aromatic N) is 8. The number of halogens is 7. The molecule has 63 heavy (non-hydrogen) atoms. The van der Waals surface area contributed by atoms with Crippen molar-refractivity contribution in [2.24, 2.45) is 13.0 Å². The van der Waals surface area contributed by atoms with E-state index >= 15 is 13.6 Å². The van der Waals surface area contributed by atoms with Gasteiger partial charge in [-0.15, -0.1) is 0 Å². The van der Waals surface area contributed by atoms with Crippen LogP contribution in [0, 0.1) is 17.6 Å². The van der Waals surface area contributed by atoms with E-state index in [0.717, 1.165) is 23.0 Å². The number of amides is 1. The first-order valence-electron chi connectivity index (χ1n) is 19.4. The minimum absolute atomic E-state index is 0.00577. The average molecular weight is 911 g/mol. The van der Waals surface area contributed by atoms with Crippen molar-refractivity contribution in [2.75, 3.05) is 11.0 Å². The Kier molecular flexibility index (Phi) is 10.1. The molecule has 2 N–H and O–H groups in total. The number of carbonyl (C=O) groups excluding carboxylic acids is 1. The summed E-state index contributed by atoms with van der Waals surface area (Å²) >= 11 is 6.64. The van der Waals surface area contributed by atoms with Crippen molar-refractivity contribution < 1.29 is 39.6 Å². The molecule has 9 rings (SSSR count). The van der Waals surface area contributed by atoms with Crippen molar-refractivity contribution >= 4 is 55.2 Å². The van der Waals surface area contributed by atoms with Gasteiger partial charge in [-0.25, -0.2) is 40.9 Å². The molecule has 1 saturated carbocycles. The summed E-state index contributed by atoms with van der Waals surface area (Å²) in [5.74, 6) is -8.51. The zero-order valence-corrected chi connectivity index (χ0v) is 34.7. The third kappa shape index (κ3) is 7.45. The smallest absolute Gasteiger partial charge is 0.293 e. The van der Waals surface area contributed by atoms with Gasteiger partial charge in [0.25, 0.3) is 17.9 Å². The lowest BCUT2D eigenvalue weighted by Crippen LogP contribution is -2.38. The number of alkyl halides is 4. The standard InChI is InChI=1S/C41H33ClF6N10O4S/c1-4-30-49-10-9-26(50-30)19-5-6-22-27(14-19)52-39(58(40(22)60)29-8-7-25(42)33-35(29)56(2)54-38(33)55-63(3,61)62)28(13-18-11-20(43)15-21(44)12-18)51-31(59)17-57-36-32(34(53-57)37(45)46)23-16-24(23)41(36,47)48/h5-12,14-15,23-24,28,37H,4,13,16-17H2,1-3H3,(H,51,59)(H,54,55)/t23-,24+,28-/m0/s1. The van der Waals surface area contributed by atoms with Crippen molar-refractivity contribution in [2.45, 2.75) is 57.0 Å². The van der Waals surface area contributed by atoms with Crippen molar-refractivity contribution in [3.8, 4) is 16.9 Å². The van der Waals surface area contributed by atoms with Crippen LogP contribution in [0.3, 0.4) is 0 Å². The zero-order chi connectivity index (χ0) is 44.9. The van der Waals surface area contributed by atoms with E-state index in [4.69, 9.17) is 16.6 Å². The Balaban J connectivity index is 1.26. The third-order valence-corrected chi connectivity index (χ3v) is 12.0. The monoisotopic (exact) mass is 910 g/mol. The fourth-order valence-corrected chi connectivity index (χ4v) is 9.21. The van der Waals surface area contributed by atoms with E-state index in [1.807, 2.05) is 6.92 Å². The molecule has 2 aliphatic carbocycles. The summed E-state index contributed by atoms with van der Waals surface area (Å²) in [4.78, 5) is 42.9. The Hall–Kier alpha value is -6.35. The van der Waals surface area contributed by atoms with Crippen molar-refractivity contribution in [1.82, 2.24) is 44.4 Å². The molecule has 3 aromatic carbocycles. The van der Waals surface area contributed by atoms with Crippen LogP contribution in [0.2, 0.25) is 5.02 Å². The number of aromatic nitrogens is 8. The van der Waals surface area contributed by atoms with E-state index in [0.29, 0.717) is 34.3 Å². The van der Waals surface area contributed by atoms with E-state index in [1.54, 1.807) is 24.4 Å². The van der Waals surface area contributed by atoms with Crippen LogP contribution in [-0.2, 0) is 47.2 Å². The van der Waals surface area contributed by atoms with Gasteiger partial charge in [0.1, 0.15) is 41.2 Å². The van der Waals surface area contributed by atoms with E-state index in [1.165, 1.54) is 29.9 Å². The summed E-state index contributed by atoms with van der Waals surface area (Å²) in [5, 5.41) is 10.9. The van der Waals surface area contributed by atoms with Crippen LogP contribution < -0.4 is 15.6 Å². The number of anilines is 1. The number of carbonyl (C=O) groups is 1. The molecule has 326 valence electrons. The first-order valence-corrected chi connectivity index (χ1v) is 21.6. The van der Waals surface area contributed by atoms with Gasteiger partial charge >= 0.3 is 0 Å². The highest BCUT2D eigenvalue weighted by molar-refractivity contribution is 7.92. The van der Waals surface area contributed by atoms with Gasteiger partial charge in [0, 0.05) is 49.2 Å². The highest BCUT2D eigenvalue weighted by atomic mass is 35.5. The number of hydrogen-bond acceptors (Lipinski definition) is 9. The molecule has 0 aliphatic heterocycles. The van der Waals surface area contributed by atoms with Gasteiger partial charge in [-0.3, -0.25) is 28.2 Å². The predicted octanol–water partition coefficient (Wildman–Crippen LogP) is 7.04. The first-order chi connectivity index (χ1) is 29.8. The van der Waals surface area contributed by atoms with Crippen molar-refractivity contribution in [3.05, 3.63) is 122 Å². The molecule has 4 heterocycles. The number of sulfonamides is 1. The SMILES string of the molecule is CCc1nccc(-c2ccc3c(=O)n(-c4ccc(Cl)c5c(NS(C)(=O)=O)nn(C)c45)c([C@H](Cc4cc(F)cc(F)c4)NC(=O)Cn4nc(C(F)F)c5c4C(F)(F)[C@@H]4C[C@H]54)nc3c2)n1. The van der Waals surface area contributed by atoms with Crippen LogP contribution in [0.1, 0.15) is 65.9 Å². The summed E-state index contributed by atoms with van der Waals surface area (Å²) in [6.45, 7) is 0.886. The highest BCUT2D eigenvalue weighted by Gasteiger charge is 2.67. The predicted molar refractivity (Wildman–Crippen MR) is 218 cm³/mol. The second-order valence-corrected chi connectivity index (χ2v) is 17.6. The van der Waals surface area contributed by atoms with E-state index < -0.39 is 87.7 Å². The molecule has 1 amide bonds. The number of nitrogens with one attached hydrogen (secondary N) is 2. The van der Waals surface area contributed by atoms with Gasteiger partial charge < -0.3 is 5.32 Å². The highest BCUT2D eigenvalue weighted by Crippen LogP contribution is 2.68. The molecule has 7 aromatic rings. The molecule has 1 fully saturated rings. The second kappa shape index (κ2) is 15.2. The number of fused-ring (bicyclic) bond motifs is 5. The Morgan fingerprint density at radius 3 is 2.48 bits per heavy atom. The van der Waals surface area contributed by atoms with E-state index in [-0.39, 0.29) is 61.7 Å². The molecule has 4 aromatic heterocycles. The number of aryl methyl sites for hydroxylation is 2. The van der Waals surface area contributed by atoms with Crippen LogP contribution >= 0.6 is 11.6 Å². The van der Waals surface area contributed by atoms with Gasteiger partial charge in [0.2, 0.25) is 15.9 Å². The fraction of sp³-hybridized carbons (Fsp3) is 0.293. The summed E-state index contributed by atoms with van der Waals surface area (Å²) in [6.07, 6.45) is -0.692. The topological polar surface area (TPSA) is 172 Å². The van der Waals surface area contributed by atoms with Crippen LogP contribution in [0.5, 0.6) is 0 Å². The van der Waals surface area contributed by atoms with Crippen LogP contribution in [-0.4, -0.2) is 59.7 Å². The molecule has 0 bridgehead atoms. The maximum Gasteiger partial charge on any atom is 0.293 e. The summed E-state index contributed by atoms with van der Waals surface area (Å²) < 4.78 is 119. The maximum atomic E-state index is 15.5. The minimum Gasteiger partial charge on any atom is -0.344 e. The van der Waals surface area contributed by atoms with Gasteiger partial charge in [-0.2, -0.15) is 19.0 Å². The molecule has 0 saturated heterocycles. The number of hydrogen-bond donors (Lipinski definition) is 2. The van der Waals surface area contributed by atoms with Gasteiger partial charge in [-0.05, 0) is 60.4 Å². The Morgan fingerprint density at radius 2 is 1.78 bits per heavy atom. The van der Waals surface area contributed by atoms with Gasteiger partial charge in [0.05, 0.1) is 50.5 Å². The molecule has 14 nitrogen and oxygen atoms in total. The largest absolute Gasteiger partial charge is 0.344 e. The lowest BCUT2D eigenvalue weighted by Gasteiger charge is -2.24. The molecular formula is C41H33ClF6N10O4S. The molecule has 22 heteroatoms. The number of rotatable bonds is 12. The lowest BCUT2D eigenvalue weighted by atomic mass is 10.0. The normalized spacial score (nSPS) is 17.0. The zero-order valence-electron chi connectivity index (χ0n) is 33.2. The summed E-state index contributed by atoms with van der Waals surface area (Å²) in [7, 11) is -2.46. The molecule has 3 atom stereocenters. The Morgan fingerprint density at radius 1 is 1.03 bits per heavy atom. The van der Waals surface area contributed by atoms with Crippen LogP contribution in [0.4, 0.5) is 32.2 Å². The fourth-order valence-electron chi connectivity index (χ4n) is 8.47. The molecule has 0 spiro atoms. The lowest BCUT2D eigenvalue weighted by molar-refractivity contribution is -0.123. The molecule has 0 radical (unpaired) electrons. The quantitative estimate of drug-likeness (QED) is 0.122. The van der Waals surface area contributed by atoms with Crippen LogP contribution in [0.25, 0.3) is 38.8 Å². The average Bonchev–Trinajstić information content (AvgIpc) is 3.75. The Bertz CT molecular complexity index is 3210. The van der Waals surface area contributed by atoms with Crippen molar-refractivity contribution in [3.63, 3.8) is 0 Å². The van der Waals surface area contributed by atoms with Crippen molar-refractivity contribution in [1.29, 1.82) is 0 Å². The first kappa shape index (κ1) is 42.0. The van der Waals surface area contributed by atoms with E-state index in [9.17, 15) is 30.8 Å². The van der Waals surface area contributed by atoms with Gasteiger partial charge in [-0.1, -0.05) is 24.6 Å². The second-order valence-electron chi connectivity index (χ2n) is 15.5. The number of benzene rings is 3. The maximum absolute atomic E-state index is 15.5. The molecule has 0 unspecified atom stereocenters.